The number of carbonyl (C=O) groups is 2. The van der Waals surface area contributed by atoms with Gasteiger partial charge in [-0.2, -0.15) is 0 Å². The summed E-state index contributed by atoms with van der Waals surface area (Å²) < 4.78 is 1.24. The van der Waals surface area contributed by atoms with Crippen molar-refractivity contribution in [3.05, 3.63) is 40.4 Å². The Morgan fingerprint density at radius 3 is 2.74 bits per heavy atom. The Kier molecular flexibility index (Phi) is 5.29. The number of rotatable bonds is 5. The topological polar surface area (TPSA) is 105 Å². The Labute approximate surface area is 132 Å². The maximum atomic E-state index is 12.4. The number of urea groups is 1. The zero-order valence-electron chi connectivity index (χ0n) is 13.0. The summed E-state index contributed by atoms with van der Waals surface area (Å²) in [4.78, 5) is 40.2. The van der Waals surface area contributed by atoms with Crippen molar-refractivity contribution in [1.29, 1.82) is 0 Å². The predicted molar refractivity (Wildman–Crippen MR) is 86.8 cm³/mol. The lowest BCUT2D eigenvalue weighted by atomic mass is 10.2. The average molecular weight is 317 g/mol. The van der Waals surface area contributed by atoms with Crippen LogP contribution >= 0.6 is 0 Å². The lowest BCUT2D eigenvalue weighted by molar-refractivity contribution is 0.0954. The van der Waals surface area contributed by atoms with Crippen molar-refractivity contribution in [2.45, 2.75) is 20.3 Å². The van der Waals surface area contributed by atoms with Crippen LogP contribution in [-0.4, -0.2) is 34.4 Å². The summed E-state index contributed by atoms with van der Waals surface area (Å²) in [5.74, 6) is -0.290. The van der Waals surface area contributed by atoms with Crippen molar-refractivity contribution < 1.29 is 9.59 Å². The summed E-state index contributed by atoms with van der Waals surface area (Å²) in [5, 5.41) is 7.72. The van der Waals surface area contributed by atoms with E-state index in [2.05, 4.69) is 20.9 Å². The Bertz CT molecular complexity index is 784. The molecule has 0 unspecified atom stereocenters. The van der Waals surface area contributed by atoms with Crippen LogP contribution in [-0.2, 0) is 0 Å². The second kappa shape index (κ2) is 7.39. The zero-order valence-corrected chi connectivity index (χ0v) is 13.0. The minimum atomic E-state index is -0.483. The number of amides is 3. The summed E-state index contributed by atoms with van der Waals surface area (Å²) in [7, 11) is 0. The fourth-order valence-electron chi connectivity index (χ4n) is 2.03. The summed E-state index contributed by atoms with van der Waals surface area (Å²) in [6, 6.07) is 2.71. The molecule has 0 aromatic carbocycles. The summed E-state index contributed by atoms with van der Waals surface area (Å²) in [5.41, 5.74) is 0.140. The molecule has 0 spiro atoms. The van der Waals surface area contributed by atoms with Crippen molar-refractivity contribution >= 4 is 23.3 Å². The van der Waals surface area contributed by atoms with Crippen LogP contribution in [0.15, 0.2) is 29.3 Å². The highest BCUT2D eigenvalue weighted by Gasteiger charge is 2.14. The van der Waals surface area contributed by atoms with Crippen molar-refractivity contribution in [1.82, 2.24) is 20.0 Å². The quantitative estimate of drug-likeness (QED) is 0.764. The number of hydrogen-bond donors (Lipinski definition) is 3. The number of hydrogen-bond acceptors (Lipinski definition) is 4. The number of nitrogens with one attached hydrogen (secondary N) is 3. The molecule has 0 saturated heterocycles. The minimum absolute atomic E-state index is 0.0413. The molecular formula is C15H19N5O3. The molecule has 2 aromatic rings. The fraction of sp³-hybridized carbons (Fsp3) is 0.333. The molecule has 0 aliphatic carbocycles. The third kappa shape index (κ3) is 3.65. The van der Waals surface area contributed by atoms with Crippen LogP contribution in [0.3, 0.4) is 0 Å². The fourth-order valence-corrected chi connectivity index (χ4v) is 2.03. The summed E-state index contributed by atoms with van der Waals surface area (Å²) in [6.45, 7) is 4.70. The van der Waals surface area contributed by atoms with Crippen LogP contribution in [0, 0.1) is 0 Å². The van der Waals surface area contributed by atoms with E-state index < -0.39 is 11.6 Å². The first-order valence-electron chi connectivity index (χ1n) is 7.41. The van der Waals surface area contributed by atoms with E-state index in [0.717, 1.165) is 6.42 Å². The minimum Gasteiger partial charge on any atom is -0.352 e. The number of carbonyl (C=O) groups excluding carboxylic acids is 2. The molecular weight excluding hydrogens is 298 g/mol. The Morgan fingerprint density at radius 2 is 2.04 bits per heavy atom. The third-order valence-corrected chi connectivity index (χ3v) is 3.10. The summed E-state index contributed by atoms with van der Waals surface area (Å²) in [6.07, 6.45) is 3.57. The molecule has 2 aromatic heterocycles. The van der Waals surface area contributed by atoms with Crippen LogP contribution < -0.4 is 21.5 Å². The van der Waals surface area contributed by atoms with Gasteiger partial charge in [0.05, 0.1) is 11.8 Å². The van der Waals surface area contributed by atoms with Crippen LogP contribution in [0.5, 0.6) is 0 Å². The normalized spacial score (nSPS) is 10.3. The molecule has 0 radical (unpaired) electrons. The average Bonchev–Trinajstić information content (AvgIpc) is 2.55. The van der Waals surface area contributed by atoms with Crippen molar-refractivity contribution in [2.75, 3.05) is 18.4 Å². The second-order valence-corrected chi connectivity index (χ2v) is 4.83. The number of aromatic nitrogens is 2. The van der Waals surface area contributed by atoms with Gasteiger partial charge >= 0.3 is 6.03 Å². The van der Waals surface area contributed by atoms with E-state index in [9.17, 15) is 14.4 Å². The molecule has 0 fully saturated rings. The number of pyridine rings is 1. The highest BCUT2D eigenvalue weighted by molar-refractivity contribution is 5.99. The molecule has 3 amide bonds. The van der Waals surface area contributed by atoms with E-state index in [1.54, 1.807) is 19.1 Å². The lowest BCUT2D eigenvalue weighted by Gasteiger charge is -2.09. The van der Waals surface area contributed by atoms with Crippen molar-refractivity contribution in [3.8, 4) is 0 Å². The molecule has 8 nitrogen and oxygen atoms in total. The van der Waals surface area contributed by atoms with Gasteiger partial charge in [0, 0.05) is 19.3 Å². The van der Waals surface area contributed by atoms with Gasteiger partial charge in [-0.3, -0.25) is 14.0 Å². The molecule has 0 bridgehead atoms. The molecule has 2 rings (SSSR count). The monoisotopic (exact) mass is 317 g/mol. The van der Waals surface area contributed by atoms with E-state index in [4.69, 9.17) is 0 Å². The molecule has 0 aliphatic rings. The maximum absolute atomic E-state index is 12.4. The van der Waals surface area contributed by atoms with Crippen molar-refractivity contribution in [2.24, 2.45) is 0 Å². The van der Waals surface area contributed by atoms with Gasteiger partial charge in [-0.15, -0.1) is 0 Å². The first kappa shape index (κ1) is 16.5. The second-order valence-electron chi connectivity index (χ2n) is 4.83. The van der Waals surface area contributed by atoms with E-state index in [0.29, 0.717) is 18.7 Å². The first-order valence-corrected chi connectivity index (χ1v) is 7.41. The maximum Gasteiger partial charge on any atom is 0.319 e. The largest absolute Gasteiger partial charge is 0.352 e. The standard InChI is InChI=1S/C15H19N5O3/c1-3-7-17-13(21)10-6-5-8-20-12(10)18-9-11(14(20)22)19-15(23)16-4-2/h5-6,8-9H,3-4,7H2,1-2H3,(H,17,21)(H2,16,19,23). The van der Waals surface area contributed by atoms with Gasteiger partial charge in [0.25, 0.3) is 11.5 Å². The molecule has 8 heteroatoms. The Balaban J connectivity index is 2.41. The zero-order chi connectivity index (χ0) is 16.8. The molecule has 0 saturated carbocycles. The van der Waals surface area contributed by atoms with E-state index in [1.165, 1.54) is 16.8 Å². The Morgan fingerprint density at radius 1 is 1.26 bits per heavy atom. The van der Waals surface area contributed by atoms with Gasteiger partial charge in [-0.25, -0.2) is 9.78 Å². The Hall–Kier alpha value is -2.90. The number of anilines is 1. The van der Waals surface area contributed by atoms with Gasteiger partial charge in [0.1, 0.15) is 5.69 Å². The molecule has 3 N–H and O–H groups in total. The first-order chi connectivity index (χ1) is 11.1. The molecule has 0 aliphatic heterocycles. The molecule has 23 heavy (non-hydrogen) atoms. The smallest absolute Gasteiger partial charge is 0.319 e. The van der Waals surface area contributed by atoms with E-state index in [1.807, 2.05) is 6.92 Å². The number of fused-ring (bicyclic) bond motifs is 1. The van der Waals surface area contributed by atoms with Crippen LogP contribution in [0.2, 0.25) is 0 Å². The molecule has 0 atom stereocenters. The SMILES string of the molecule is CCCNC(=O)c1cccn2c(=O)c(NC(=O)NCC)cnc12. The van der Waals surface area contributed by atoms with Gasteiger partial charge in [0.2, 0.25) is 0 Å². The third-order valence-electron chi connectivity index (χ3n) is 3.10. The van der Waals surface area contributed by atoms with Gasteiger partial charge in [-0.05, 0) is 25.5 Å². The summed E-state index contributed by atoms with van der Waals surface area (Å²) >= 11 is 0. The van der Waals surface area contributed by atoms with Crippen LogP contribution in [0.25, 0.3) is 5.65 Å². The van der Waals surface area contributed by atoms with Gasteiger partial charge in [-0.1, -0.05) is 6.92 Å². The highest BCUT2D eigenvalue weighted by Crippen LogP contribution is 2.08. The molecule has 2 heterocycles. The molecule has 122 valence electrons. The van der Waals surface area contributed by atoms with Crippen LogP contribution in [0.4, 0.5) is 10.5 Å². The van der Waals surface area contributed by atoms with E-state index >= 15 is 0 Å². The predicted octanol–water partition coefficient (Wildman–Crippen LogP) is 0.976. The van der Waals surface area contributed by atoms with Gasteiger partial charge < -0.3 is 16.0 Å². The number of nitrogens with zero attached hydrogens (tertiary/aromatic N) is 2. The van der Waals surface area contributed by atoms with Crippen molar-refractivity contribution in [3.63, 3.8) is 0 Å². The van der Waals surface area contributed by atoms with E-state index in [-0.39, 0.29) is 17.2 Å². The van der Waals surface area contributed by atoms with Gasteiger partial charge in [0.15, 0.2) is 5.65 Å². The lowest BCUT2D eigenvalue weighted by Crippen LogP contribution is -2.32. The van der Waals surface area contributed by atoms with Crippen LogP contribution in [0.1, 0.15) is 30.6 Å². The highest BCUT2D eigenvalue weighted by atomic mass is 16.2.